The summed E-state index contributed by atoms with van der Waals surface area (Å²) in [6.45, 7) is 4.43. The average Bonchev–Trinajstić information content (AvgIpc) is 2.56. The summed E-state index contributed by atoms with van der Waals surface area (Å²) in [6.07, 6.45) is 10.5. The summed E-state index contributed by atoms with van der Waals surface area (Å²) in [7, 11) is 0. The maximum Gasteiger partial charge on any atom is 0.0547 e. The molecular weight excluding hydrogens is 256 g/mol. The Kier molecular flexibility index (Phi) is 4.05. The molecule has 2 heterocycles. The monoisotopic (exact) mass is 280 g/mol. The van der Waals surface area contributed by atoms with Crippen molar-refractivity contribution < 1.29 is 0 Å². The first-order valence-corrected chi connectivity index (χ1v) is 8.06. The van der Waals surface area contributed by atoms with Crippen LogP contribution in [0.3, 0.4) is 0 Å². The van der Waals surface area contributed by atoms with Gasteiger partial charge in [0.05, 0.1) is 16.8 Å². The first-order valence-electron chi connectivity index (χ1n) is 8.06. The molecule has 0 amide bonds. The molecular formula is C19H24N2. The van der Waals surface area contributed by atoms with Gasteiger partial charge in [-0.25, -0.2) is 0 Å². The molecule has 2 heteroatoms. The van der Waals surface area contributed by atoms with Gasteiger partial charge in [0.15, 0.2) is 0 Å². The summed E-state index contributed by atoms with van der Waals surface area (Å²) in [4.78, 5) is 9.45. The molecule has 2 aromatic rings. The summed E-state index contributed by atoms with van der Waals surface area (Å²) in [5.74, 6) is 0.636. The lowest BCUT2D eigenvalue weighted by molar-refractivity contribution is 0.245. The normalized spacial score (nSPS) is 19.1. The van der Waals surface area contributed by atoms with Crippen LogP contribution in [0.25, 0.3) is 0 Å². The molecule has 0 N–H and O–H groups in total. The number of nitrogens with zero attached hydrogens (tertiary/aromatic N) is 2. The van der Waals surface area contributed by atoms with E-state index >= 15 is 0 Å². The molecule has 2 nitrogen and oxygen atoms in total. The molecule has 1 saturated carbocycles. The van der Waals surface area contributed by atoms with Gasteiger partial charge in [-0.15, -0.1) is 0 Å². The molecule has 0 aromatic carbocycles. The van der Waals surface area contributed by atoms with Gasteiger partial charge in [-0.05, 0) is 56.4 Å². The molecule has 1 aliphatic carbocycles. The molecule has 0 spiro atoms. The Balaban J connectivity index is 2.07. The van der Waals surface area contributed by atoms with E-state index in [0.717, 1.165) is 5.69 Å². The van der Waals surface area contributed by atoms with Crippen molar-refractivity contribution in [2.45, 2.75) is 51.4 Å². The zero-order valence-electron chi connectivity index (χ0n) is 13.0. The van der Waals surface area contributed by atoms with Gasteiger partial charge in [0.1, 0.15) is 0 Å². The summed E-state index contributed by atoms with van der Waals surface area (Å²) in [5.41, 5.74) is 3.47. The van der Waals surface area contributed by atoms with Crippen LogP contribution in [0.15, 0.2) is 42.7 Å². The van der Waals surface area contributed by atoms with Crippen molar-refractivity contribution in [3.05, 3.63) is 59.7 Å². The molecule has 1 fully saturated rings. The number of aryl methyl sites for hydroxylation is 1. The average molecular weight is 280 g/mol. The number of hydrogen-bond donors (Lipinski definition) is 0. The smallest absolute Gasteiger partial charge is 0.0547 e. The molecule has 0 aliphatic heterocycles. The fraction of sp³-hybridized carbons (Fsp3) is 0.474. The van der Waals surface area contributed by atoms with E-state index in [4.69, 9.17) is 4.98 Å². The van der Waals surface area contributed by atoms with Crippen LogP contribution in [-0.4, -0.2) is 9.97 Å². The second-order valence-electron chi connectivity index (χ2n) is 6.47. The molecule has 110 valence electrons. The highest BCUT2D eigenvalue weighted by molar-refractivity contribution is 5.32. The third kappa shape index (κ3) is 2.72. The Labute approximate surface area is 127 Å². The molecule has 0 bridgehead atoms. The lowest BCUT2D eigenvalue weighted by atomic mass is 9.66. The van der Waals surface area contributed by atoms with E-state index < -0.39 is 0 Å². The molecule has 1 atom stereocenters. The summed E-state index contributed by atoms with van der Waals surface area (Å²) >= 11 is 0. The lowest BCUT2D eigenvalue weighted by Crippen LogP contribution is -2.36. The van der Waals surface area contributed by atoms with Crippen LogP contribution in [0.2, 0.25) is 0 Å². The van der Waals surface area contributed by atoms with Crippen molar-refractivity contribution in [3.8, 4) is 0 Å². The Morgan fingerprint density at radius 3 is 2.33 bits per heavy atom. The first-order chi connectivity index (χ1) is 10.2. The number of rotatable bonds is 3. The molecule has 0 radical (unpaired) electrons. The van der Waals surface area contributed by atoms with Crippen molar-refractivity contribution in [2.24, 2.45) is 5.92 Å². The quantitative estimate of drug-likeness (QED) is 0.816. The van der Waals surface area contributed by atoms with E-state index in [-0.39, 0.29) is 5.41 Å². The van der Waals surface area contributed by atoms with Gasteiger partial charge in [-0.3, -0.25) is 9.97 Å². The topological polar surface area (TPSA) is 25.8 Å². The predicted molar refractivity (Wildman–Crippen MR) is 86.2 cm³/mol. The second-order valence-corrected chi connectivity index (χ2v) is 6.47. The van der Waals surface area contributed by atoms with E-state index in [2.05, 4.69) is 43.1 Å². The minimum atomic E-state index is -0.0740. The maximum absolute atomic E-state index is 4.76. The van der Waals surface area contributed by atoms with Gasteiger partial charge in [0, 0.05) is 12.4 Å². The van der Waals surface area contributed by atoms with Gasteiger partial charge in [0.2, 0.25) is 0 Å². The van der Waals surface area contributed by atoms with Crippen molar-refractivity contribution >= 4 is 0 Å². The Hall–Kier alpha value is -1.70. The zero-order valence-corrected chi connectivity index (χ0v) is 13.0. The van der Waals surface area contributed by atoms with E-state index in [1.165, 1.54) is 43.4 Å². The highest BCUT2D eigenvalue weighted by Gasteiger charge is 2.40. The minimum Gasteiger partial charge on any atom is -0.260 e. The molecule has 3 rings (SSSR count). The maximum atomic E-state index is 4.76. The van der Waals surface area contributed by atoms with Gasteiger partial charge in [0.25, 0.3) is 0 Å². The molecule has 0 saturated heterocycles. The van der Waals surface area contributed by atoms with Gasteiger partial charge in [-0.1, -0.05) is 31.4 Å². The third-order valence-corrected chi connectivity index (χ3v) is 5.06. The van der Waals surface area contributed by atoms with Crippen molar-refractivity contribution in [2.75, 3.05) is 0 Å². The second kappa shape index (κ2) is 5.97. The van der Waals surface area contributed by atoms with Crippen LogP contribution in [0.1, 0.15) is 56.0 Å². The molecule has 21 heavy (non-hydrogen) atoms. The highest BCUT2D eigenvalue weighted by Crippen LogP contribution is 2.44. The first kappa shape index (κ1) is 14.2. The van der Waals surface area contributed by atoms with Crippen molar-refractivity contribution in [1.82, 2.24) is 9.97 Å². The summed E-state index contributed by atoms with van der Waals surface area (Å²) < 4.78 is 0. The minimum absolute atomic E-state index is 0.0740. The van der Waals surface area contributed by atoms with E-state index in [1.54, 1.807) is 0 Å². The van der Waals surface area contributed by atoms with Crippen LogP contribution < -0.4 is 0 Å². The standard InChI is InChI=1S/C19H24N2/c1-15-11-12-18(21-14-15)19(2,16-8-4-3-5-9-16)17-10-6-7-13-20-17/h6-7,10-14,16H,3-5,8-9H2,1-2H3. The summed E-state index contributed by atoms with van der Waals surface area (Å²) in [6, 6.07) is 10.6. The SMILES string of the molecule is Cc1ccc(C(C)(c2ccccn2)C2CCCCC2)nc1. The number of pyridine rings is 2. The summed E-state index contributed by atoms with van der Waals surface area (Å²) in [5, 5.41) is 0. The Morgan fingerprint density at radius 1 is 0.952 bits per heavy atom. The number of hydrogen-bond acceptors (Lipinski definition) is 2. The Morgan fingerprint density at radius 2 is 1.71 bits per heavy atom. The predicted octanol–water partition coefficient (Wildman–Crippen LogP) is 4.67. The van der Waals surface area contributed by atoms with E-state index in [0.29, 0.717) is 5.92 Å². The van der Waals surface area contributed by atoms with Crippen molar-refractivity contribution in [1.29, 1.82) is 0 Å². The van der Waals surface area contributed by atoms with Crippen LogP contribution >= 0.6 is 0 Å². The lowest BCUT2D eigenvalue weighted by Gasteiger charge is -2.39. The van der Waals surface area contributed by atoms with Gasteiger partial charge in [-0.2, -0.15) is 0 Å². The van der Waals surface area contributed by atoms with E-state index in [1.807, 2.05) is 18.5 Å². The van der Waals surface area contributed by atoms with Gasteiger partial charge < -0.3 is 0 Å². The zero-order chi connectivity index (χ0) is 14.7. The Bertz CT molecular complexity index is 570. The highest BCUT2D eigenvalue weighted by atomic mass is 14.8. The van der Waals surface area contributed by atoms with Crippen LogP contribution in [0.5, 0.6) is 0 Å². The molecule has 1 aliphatic rings. The van der Waals surface area contributed by atoms with E-state index in [9.17, 15) is 0 Å². The fourth-order valence-electron chi connectivity index (χ4n) is 3.67. The van der Waals surface area contributed by atoms with Gasteiger partial charge >= 0.3 is 0 Å². The van der Waals surface area contributed by atoms with Crippen LogP contribution in [0.4, 0.5) is 0 Å². The van der Waals surface area contributed by atoms with Crippen molar-refractivity contribution in [3.63, 3.8) is 0 Å². The molecule has 1 unspecified atom stereocenters. The van der Waals surface area contributed by atoms with Crippen LogP contribution in [-0.2, 0) is 5.41 Å². The third-order valence-electron chi connectivity index (χ3n) is 5.06. The number of aromatic nitrogens is 2. The largest absolute Gasteiger partial charge is 0.260 e. The fourth-order valence-corrected chi connectivity index (χ4v) is 3.67. The molecule has 2 aromatic heterocycles. The van der Waals surface area contributed by atoms with Crippen LogP contribution in [0, 0.1) is 12.8 Å².